The third-order valence-corrected chi connectivity index (χ3v) is 3.44. The summed E-state index contributed by atoms with van der Waals surface area (Å²) in [6.45, 7) is 0. The van der Waals surface area contributed by atoms with Crippen molar-refractivity contribution in [3.63, 3.8) is 0 Å². The Morgan fingerprint density at radius 3 is 2.29 bits per heavy atom. The fraction of sp³-hybridized carbons (Fsp3) is 0.176. The highest BCUT2D eigenvalue weighted by atomic mass is 16.6. The van der Waals surface area contributed by atoms with Crippen molar-refractivity contribution in [2.24, 2.45) is 0 Å². The number of nitrogens with two attached hydrogens (primary N) is 1. The fourth-order valence-electron chi connectivity index (χ4n) is 2.26. The number of hydrogen-bond acceptors (Lipinski definition) is 6. The van der Waals surface area contributed by atoms with E-state index in [4.69, 9.17) is 19.9 Å². The lowest BCUT2D eigenvalue weighted by atomic mass is 10.1. The van der Waals surface area contributed by atoms with Crippen LogP contribution >= 0.6 is 0 Å². The van der Waals surface area contributed by atoms with E-state index in [1.807, 2.05) is 6.07 Å². The van der Waals surface area contributed by atoms with Crippen molar-refractivity contribution < 1.29 is 19.1 Å². The van der Waals surface area contributed by atoms with Crippen molar-refractivity contribution in [1.29, 1.82) is 0 Å². The molecule has 0 radical (unpaired) electrons. The maximum absolute atomic E-state index is 11.0. The van der Waals surface area contributed by atoms with Crippen LogP contribution in [0.3, 0.4) is 0 Å². The molecule has 0 heterocycles. The molecule has 2 N–H and O–H groups in total. The molecule has 2 aromatic rings. The summed E-state index contributed by atoms with van der Waals surface area (Å²) in [5.74, 6) is 1.54. The van der Waals surface area contributed by atoms with Crippen molar-refractivity contribution in [2.45, 2.75) is 0 Å². The monoisotopic (exact) mass is 330 g/mol. The standard InChI is InChI=1S/C17H18N2O5/c1-22-15-9-7-12(16(23-2)17(15)24-3)6-4-11-5-8-13(18)14(10-11)19(20)21/h4-10H,18H2,1-3H3/b6-4-. The first-order chi connectivity index (χ1) is 11.5. The number of anilines is 1. The molecule has 0 spiro atoms. The highest BCUT2D eigenvalue weighted by Gasteiger charge is 2.14. The zero-order valence-corrected chi connectivity index (χ0v) is 13.6. The number of methoxy groups -OCH3 is 3. The van der Waals surface area contributed by atoms with Gasteiger partial charge in [0.25, 0.3) is 5.69 Å². The molecular formula is C17H18N2O5. The third-order valence-electron chi connectivity index (χ3n) is 3.44. The van der Waals surface area contributed by atoms with Crippen LogP contribution in [0, 0.1) is 10.1 Å². The van der Waals surface area contributed by atoms with Gasteiger partial charge < -0.3 is 19.9 Å². The van der Waals surface area contributed by atoms with Crippen molar-refractivity contribution in [3.8, 4) is 17.2 Å². The van der Waals surface area contributed by atoms with Crippen LogP contribution < -0.4 is 19.9 Å². The van der Waals surface area contributed by atoms with Gasteiger partial charge >= 0.3 is 0 Å². The number of nitrogens with zero attached hydrogens (tertiary/aromatic N) is 1. The van der Waals surface area contributed by atoms with Gasteiger partial charge in [0.15, 0.2) is 11.5 Å². The normalized spacial score (nSPS) is 10.6. The Bertz CT molecular complexity index is 787. The van der Waals surface area contributed by atoms with E-state index >= 15 is 0 Å². The molecule has 0 saturated carbocycles. The Balaban J connectivity index is 2.42. The molecule has 2 rings (SSSR count). The molecule has 126 valence electrons. The quantitative estimate of drug-likeness (QED) is 0.377. The molecule has 7 nitrogen and oxygen atoms in total. The lowest BCUT2D eigenvalue weighted by Crippen LogP contribution is -1.96. The summed E-state index contributed by atoms with van der Waals surface area (Å²) in [6, 6.07) is 8.18. The molecule has 0 bridgehead atoms. The molecule has 0 saturated heterocycles. The predicted octanol–water partition coefficient (Wildman–Crippen LogP) is 3.37. The molecule has 0 atom stereocenters. The molecule has 0 aliphatic rings. The van der Waals surface area contributed by atoms with E-state index in [0.29, 0.717) is 22.8 Å². The van der Waals surface area contributed by atoms with Gasteiger partial charge in [-0.05, 0) is 23.8 Å². The van der Waals surface area contributed by atoms with Gasteiger partial charge in [-0.1, -0.05) is 18.2 Å². The lowest BCUT2D eigenvalue weighted by molar-refractivity contribution is -0.383. The minimum Gasteiger partial charge on any atom is -0.493 e. The molecule has 0 unspecified atom stereocenters. The molecule has 2 aromatic carbocycles. The first kappa shape index (κ1) is 17.1. The zero-order valence-electron chi connectivity index (χ0n) is 13.6. The summed E-state index contributed by atoms with van der Waals surface area (Å²) < 4.78 is 16.0. The molecule has 0 amide bonds. The van der Waals surface area contributed by atoms with Crippen molar-refractivity contribution in [2.75, 3.05) is 27.1 Å². The highest BCUT2D eigenvalue weighted by Crippen LogP contribution is 2.40. The van der Waals surface area contributed by atoms with Crippen LogP contribution in [-0.4, -0.2) is 26.3 Å². The average molecular weight is 330 g/mol. The van der Waals surface area contributed by atoms with Crippen LogP contribution in [0.4, 0.5) is 11.4 Å². The Hall–Kier alpha value is -3.22. The van der Waals surface area contributed by atoms with Gasteiger partial charge in [0.05, 0.1) is 26.3 Å². The average Bonchev–Trinajstić information content (AvgIpc) is 2.59. The van der Waals surface area contributed by atoms with Crippen LogP contribution in [0.25, 0.3) is 12.2 Å². The van der Waals surface area contributed by atoms with Gasteiger partial charge in [-0.15, -0.1) is 0 Å². The number of rotatable bonds is 6. The lowest BCUT2D eigenvalue weighted by Gasteiger charge is -2.14. The van der Waals surface area contributed by atoms with E-state index in [1.165, 1.54) is 26.4 Å². The fourth-order valence-corrected chi connectivity index (χ4v) is 2.26. The van der Waals surface area contributed by atoms with Crippen LogP contribution in [0.15, 0.2) is 30.3 Å². The molecule has 0 aliphatic carbocycles. The van der Waals surface area contributed by atoms with E-state index < -0.39 is 4.92 Å². The molecule has 7 heteroatoms. The van der Waals surface area contributed by atoms with Crippen molar-refractivity contribution in [1.82, 2.24) is 0 Å². The van der Waals surface area contributed by atoms with Gasteiger partial charge in [-0.3, -0.25) is 10.1 Å². The van der Waals surface area contributed by atoms with Gasteiger partial charge in [0, 0.05) is 11.6 Å². The Kier molecular flexibility index (Phi) is 5.26. The molecule has 0 aromatic heterocycles. The maximum Gasteiger partial charge on any atom is 0.292 e. The van der Waals surface area contributed by atoms with Gasteiger partial charge in [-0.2, -0.15) is 0 Å². The topological polar surface area (TPSA) is 96.9 Å². The van der Waals surface area contributed by atoms with E-state index in [9.17, 15) is 10.1 Å². The van der Waals surface area contributed by atoms with Crippen LogP contribution in [0.5, 0.6) is 17.2 Å². The summed E-state index contributed by atoms with van der Waals surface area (Å²) in [4.78, 5) is 10.4. The molecule has 0 aliphatic heterocycles. The smallest absolute Gasteiger partial charge is 0.292 e. The minimum atomic E-state index is -0.510. The highest BCUT2D eigenvalue weighted by molar-refractivity contribution is 5.77. The second kappa shape index (κ2) is 7.36. The number of nitrogen functional groups attached to an aromatic ring is 1. The second-order valence-electron chi connectivity index (χ2n) is 4.83. The summed E-state index contributed by atoms with van der Waals surface area (Å²) >= 11 is 0. The number of ether oxygens (including phenoxy) is 3. The Morgan fingerprint density at radius 1 is 1.00 bits per heavy atom. The second-order valence-corrected chi connectivity index (χ2v) is 4.83. The Morgan fingerprint density at radius 2 is 1.71 bits per heavy atom. The maximum atomic E-state index is 11.0. The van der Waals surface area contributed by atoms with Crippen LogP contribution in [0.2, 0.25) is 0 Å². The van der Waals surface area contributed by atoms with Crippen molar-refractivity contribution in [3.05, 3.63) is 51.6 Å². The van der Waals surface area contributed by atoms with Gasteiger partial charge in [0.2, 0.25) is 5.75 Å². The molecule has 24 heavy (non-hydrogen) atoms. The van der Waals surface area contributed by atoms with Gasteiger partial charge in [-0.25, -0.2) is 0 Å². The van der Waals surface area contributed by atoms with Crippen molar-refractivity contribution >= 4 is 23.5 Å². The van der Waals surface area contributed by atoms with Crippen LogP contribution in [-0.2, 0) is 0 Å². The van der Waals surface area contributed by atoms with Gasteiger partial charge in [0.1, 0.15) is 5.69 Å². The van der Waals surface area contributed by atoms with E-state index in [2.05, 4.69) is 0 Å². The third kappa shape index (κ3) is 3.40. The first-order valence-electron chi connectivity index (χ1n) is 7.02. The zero-order chi connectivity index (χ0) is 17.7. The van der Waals surface area contributed by atoms with E-state index in [1.54, 1.807) is 31.4 Å². The number of hydrogen-bond donors (Lipinski definition) is 1. The summed E-state index contributed by atoms with van der Waals surface area (Å²) in [6.07, 6.45) is 3.51. The summed E-state index contributed by atoms with van der Waals surface area (Å²) in [7, 11) is 4.60. The molecular weight excluding hydrogens is 312 g/mol. The summed E-state index contributed by atoms with van der Waals surface area (Å²) in [5, 5.41) is 11.0. The predicted molar refractivity (Wildman–Crippen MR) is 92.5 cm³/mol. The summed E-state index contributed by atoms with van der Waals surface area (Å²) in [5.41, 5.74) is 6.99. The van der Waals surface area contributed by atoms with Crippen LogP contribution in [0.1, 0.15) is 11.1 Å². The van der Waals surface area contributed by atoms with E-state index in [0.717, 1.165) is 5.56 Å². The largest absolute Gasteiger partial charge is 0.493 e. The molecule has 0 fully saturated rings. The number of nitro benzene ring substituents is 1. The minimum absolute atomic E-state index is 0.126. The number of nitro groups is 1. The SMILES string of the molecule is COc1ccc(/C=C\c2ccc(N)c([N+](=O)[O-])c2)c(OC)c1OC. The van der Waals surface area contributed by atoms with E-state index in [-0.39, 0.29) is 11.4 Å². The first-order valence-corrected chi connectivity index (χ1v) is 7.02. The Labute approximate surface area is 139 Å². The number of benzene rings is 2.